The van der Waals surface area contributed by atoms with Gasteiger partial charge in [0.05, 0.1) is 12.6 Å². The first-order valence-corrected chi connectivity index (χ1v) is 9.61. The fourth-order valence-corrected chi connectivity index (χ4v) is 4.10. The number of fused-ring (bicyclic) bond motifs is 3. The molecule has 0 spiro atoms. The van der Waals surface area contributed by atoms with Crippen molar-refractivity contribution in [3.8, 4) is 5.75 Å². The molecule has 1 heterocycles. The van der Waals surface area contributed by atoms with Crippen LogP contribution in [0.2, 0.25) is 0 Å². The Labute approximate surface area is 159 Å². The molecular formula is C23H25NO3. The van der Waals surface area contributed by atoms with Gasteiger partial charge in [-0.25, -0.2) is 4.79 Å². The highest BCUT2D eigenvalue weighted by Gasteiger charge is 2.22. The Bertz CT molecular complexity index is 972. The molecule has 0 unspecified atom stereocenters. The second-order valence-electron chi connectivity index (χ2n) is 7.05. The minimum absolute atomic E-state index is 0.0598. The van der Waals surface area contributed by atoms with Crippen LogP contribution in [0.25, 0.3) is 10.9 Å². The zero-order valence-electron chi connectivity index (χ0n) is 16.0. The van der Waals surface area contributed by atoms with E-state index in [1.807, 2.05) is 0 Å². The third kappa shape index (κ3) is 3.32. The van der Waals surface area contributed by atoms with Gasteiger partial charge in [-0.2, -0.15) is 0 Å². The number of carbonyl (C=O) groups is 1. The molecule has 27 heavy (non-hydrogen) atoms. The molecule has 4 rings (SSSR count). The number of aromatic nitrogens is 1. The van der Waals surface area contributed by atoms with Gasteiger partial charge in [-0.1, -0.05) is 37.3 Å². The Morgan fingerprint density at radius 3 is 2.70 bits per heavy atom. The summed E-state index contributed by atoms with van der Waals surface area (Å²) in [5.74, 6) is 0.431. The number of methoxy groups -OCH3 is 1. The second-order valence-corrected chi connectivity index (χ2v) is 7.05. The van der Waals surface area contributed by atoms with E-state index in [-0.39, 0.29) is 12.6 Å². The Morgan fingerprint density at radius 1 is 1.15 bits per heavy atom. The molecule has 0 amide bonds. The number of ether oxygens (including phenoxy) is 2. The maximum Gasteiger partial charge on any atom is 0.343 e. The van der Waals surface area contributed by atoms with Crippen LogP contribution in [0.4, 0.5) is 0 Å². The van der Waals surface area contributed by atoms with E-state index < -0.39 is 0 Å². The summed E-state index contributed by atoms with van der Waals surface area (Å²) in [7, 11) is 1.38. The zero-order chi connectivity index (χ0) is 18.8. The van der Waals surface area contributed by atoms with E-state index in [2.05, 4.69) is 54.0 Å². The van der Waals surface area contributed by atoms with Crippen LogP contribution in [0.1, 0.15) is 35.7 Å². The Hall–Kier alpha value is -2.75. The predicted molar refractivity (Wildman–Crippen MR) is 106 cm³/mol. The summed E-state index contributed by atoms with van der Waals surface area (Å²) >= 11 is 0. The minimum atomic E-state index is -0.358. The van der Waals surface area contributed by atoms with Gasteiger partial charge in [-0.15, -0.1) is 0 Å². The number of esters is 1. The number of hydrogen-bond donors (Lipinski definition) is 0. The molecule has 3 aromatic rings. The first kappa shape index (κ1) is 17.7. The number of hydrogen-bond acceptors (Lipinski definition) is 3. The second kappa shape index (κ2) is 7.47. The first-order valence-electron chi connectivity index (χ1n) is 9.61. The topological polar surface area (TPSA) is 40.5 Å². The van der Waals surface area contributed by atoms with Crippen LogP contribution in [0.15, 0.2) is 42.5 Å². The molecule has 1 aliphatic carbocycles. The monoisotopic (exact) mass is 363 g/mol. The number of aryl methyl sites for hydroxylation is 3. The standard InChI is InChI=1S/C23H25NO3/c1-3-18-13-20-21(27-15-22(25)26-2)12-17-10-7-11-19(17)23(20)24(18)14-16-8-5-4-6-9-16/h4-6,8-9,12-13H,3,7,10-11,14-15H2,1-2H3. The van der Waals surface area contributed by atoms with Crippen molar-refractivity contribution in [2.75, 3.05) is 13.7 Å². The van der Waals surface area contributed by atoms with Gasteiger partial charge in [0.2, 0.25) is 0 Å². The molecule has 140 valence electrons. The summed E-state index contributed by atoms with van der Waals surface area (Å²) in [6.45, 7) is 2.97. The Morgan fingerprint density at radius 2 is 1.96 bits per heavy atom. The average Bonchev–Trinajstić information content (AvgIpc) is 3.30. The van der Waals surface area contributed by atoms with E-state index in [4.69, 9.17) is 9.47 Å². The van der Waals surface area contributed by atoms with E-state index in [1.54, 1.807) is 0 Å². The van der Waals surface area contributed by atoms with Gasteiger partial charge in [-0.05, 0) is 54.5 Å². The van der Waals surface area contributed by atoms with Crippen molar-refractivity contribution < 1.29 is 14.3 Å². The summed E-state index contributed by atoms with van der Waals surface area (Å²) in [6.07, 6.45) is 4.29. The maximum absolute atomic E-state index is 11.6. The van der Waals surface area contributed by atoms with Crippen LogP contribution in [-0.4, -0.2) is 24.3 Å². The van der Waals surface area contributed by atoms with Crippen LogP contribution in [0.3, 0.4) is 0 Å². The summed E-state index contributed by atoms with van der Waals surface area (Å²) in [5.41, 5.74) is 6.63. The van der Waals surface area contributed by atoms with Crippen LogP contribution in [0, 0.1) is 0 Å². The molecule has 0 fully saturated rings. The van der Waals surface area contributed by atoms with Crippen LogP contribution in [0.5, 0.6) is 5.75 Å². The van der Waals surface area contributed by atoms with Crippen LogP contribution < -0.4 is 4.74 Å². The van der Waals surface area contributed by atoms with Crippen molar-refractivity contribution in [3.63, 3.8) is 0 Å². The zero-order valence-corrected chi connectivity index (χ0v) is 16.0. The van der Waals surface area contributed by atoms with Gasteiger partial charge in [-0.3, -0.25) is 0 Å². The smallest absolute Gasteiger partial charge is 0.343 e. The lowest BCUT2D eigenvalue weighted by atomic mass is 10.1. The highest BCUT2D eigenvalue weighted by Crippen LogP contribution is 2.39. The molecule has 1 aromatic heterocycles. The van der Waals surface area contributed by atoms with E-state index in [9.17, 15) is 4.79 Å². The van der Waals surface area contributed by atoms with Crippen molar-refractivity contribution >= 4 is 16.9 Å². The summed E-state index contributed by atoms with van der Waals surface area (Å²) < 4.78 is 13.0. The van der Waals surface area contributed by atoms with Crippen molar-refractivity contribution in [1.29, 1.82) is 0 Å². The average molecular weight is 363 g/mol. The van der Waals surface area contributed by atoms with Crippen molar-refractivity contribution in [2.24, 2.45) is 0 Å². The van der Waals surface area contributed by atoms with E-state index in [0.29, 0.717) is 0 Å². The normalized spacial score (nSPS) is 13.0. The SMILES string of the molecule is CCc1cc2c(OCC(=O)OC)cc3c(c2n1Cc1ccccc1)CCC3. The highest BCUT2D eigenvalue weighted by molar-refractivity contribution is 5.92. The van der Waals surface area contributed by atoms with Gasteiger partial charge in [0.15, 0.2) is 6.61 Å². The van der Waals surface area contributed by atoms with Gasteiger partial charge >= 0.3 is 5.97 Å². The maximum atomic E-state index is 11.6. The lowest BCUT2D eigenvalue weighted by Crippen LogP contribution is -2.13. The molecular weight excluding hydrogens is 338 g/mol. The molecule has 0 saturated carbocycles. The molecule has 0 N–H and O–H groups in total. The molecule has 4 heteroatoms. The summed E-state index contributed by atoms with van der Waals surface area (Å²) in [4.78, 5) is 11.6. The first-order chi connectivity index (χ1) is 13.2. The highest BCUT2D eigenvalue weighted by atomic mass is 16.6. The summed E-state index contributed by atoms with van der Waals surface area (Å²) in [6, 6.07) is 14.9. The third-order valence-electron chi connectivity index (χ3n) is 5.42. The lowest BCUT2D eigenvalue weighted by Gasteiger charge is -2.14. The Kier molecular flexibility index (Phi) is 4.88. The molecule has 4 nitrogen and oxygen atoms in total. The van der Waals surface area contributed by atoms with Gasteiger partial charge < -0.3 is 14.0 Å². The minimum Gasteiger partial charge on any atom is -0.481 e. The van der Waals surface area contributed by atoms with Crippen LogP contribution in [-0.2, 0) is 35.3 Å². The molecule has 1 aliphatic rings. The fraction of sp³-hybridized carbons (Fsp3) is 0.348. The van der Waals surface area contributed by atoms with Crippen LogP contribution >= 0.6 is 0 Å². The number of benzene rings is 2. The Balaban J connectivity index is 1.85. The molecule has 0 atom stereocenters. The van der Waals surface area contributed by atoms with Crippen molar-refractivity contribution in [3.05, 3.63) is 64.8 Å². The molecule has 0 bridgehead atoms. The quantitative estimate of drug-likeness (QED) is 0.613. The lowest BCUT2D eigenvalue weighted by molar-refractivity contribution is -0.142. The molecule has 0 aliphatic heterocycles. The van der Waals surface area contributed by atoms with Gasteiger partial charge in [0.1, 0.15) is 5.75 Å². The number of carbonyl (C=O) groups excluding carboxylic acids is 1. The summed E-state index contributed by atoms with van der Waals surface area (Å²) in [5, 5.41) is 1.10. The van der Waals surface area contributed by atoms with E-state index in [0.717, 1.165) is 36.9 Å². The largest absolute Gasteiger partial charge is 0.481 e. The van der Waals surface area contributed by atoms with Gasteiger partial charge in [0, 0.05) is 17.6 Å². The molecule has 2 aromatic carbocycles. The number of rotatable bonds is 6. The third-order valence-corrected chi connectivity index (χ3v) is 5.42. The van der Waals surface area contributed by atoms with E-state index >= 15 is 0 Å². The van der Waals surface area contributed by atoms with Crippen molar-refractivity contribution in [2.45, 2.75) is 39.2 Å². The van der Waals surface area contributed by atoms with E-state index in [1.165, 1.54) is 41.4 Å². The number of nitrogens with zero attached hydrogens (tertiary/aromatic N) is 1. The van der Waals surface area contributed by atoms with Crippen molar-refractivity contribution in [1.82, 2.24) is 4.57 Å². The predicted octanol–water partition coefficient (Wildman–Crippen LogP) is 4.29. The van der Waals surface area contributed by atoms with Gasteiger partial charge in [0.25, 0.3) is 0 Å². The molecule has 0 saturated heterocycles. The fourth-order valence-electron chi connectivity index (χ4n) is 4.10. The molecule has 0 radical (unpaired) electrons.